The smallest absolute Gasteiger partial charge is 0.238 e. The van der Waals surface area contributed by atoms with Crippen LogP contribution in [0, 0.1) is 0 Å². The van der Waals surface area contributed by atoms with Crippen molar-refractivity contribution < 1.29 is 0 Å². The summed E-state index contributed by atoms with van der Waals surface area (Å²) in [6.45, 7) is 0. The molecule has 0 N–H and O–H groups in total. The van der Waals surface area contributed by atoms with Crippen molar-refractivity contribution in [3.63, 3.8) is 0 Å². The summed E-state index contributed by atoms with van der Waals surface area (Å²) in [6.07, 6.45) is 0. The minimum absolute atomic E-state index is 0.563. The monoisotopic (exact) mass is 869 g/mol. The summed E-state index contributed by atoms with van der Waals surface area (Å²) in [5, 5.41) is 4.59. The minimum atomic E-state index is 0.563. The summed E-state index contributed by atoms with van der Waals surface area (Å²) >= 11 is 0. The standard InChI is InChI=1S/C61H39N7/c1-5-18-40(19-6-1)45-26-17-27-46(38-45)51-39-50(41-20-7-2-8-21-41)62-58(63-51)44-32-34-47(35-33-44)67-52-30-15-13-28-48(52)56-54(67)36-37-55-57(56)49-29-14-16-31-53(49)68(55)61-65-59(42-22-9-3-10-23-42)64-60(66-61)43-24-11-4-12-25-43/h1-39H. The number of nitrogens with zero attached hydrogens (tertiary/aromatic N) is 7. The first kappa shape index (κ1) is 39.1. The van der Waals surface area contributed by atoms with E-state index in [-0.39, 0.29) is 0 Å². The highest BCUT2D eigenvalue weighted by atomic mass is 15.2. The second-order valence-corrected chi connectivity index (χ2v) is 16.9. The maximum atomic E-state index is 5.23. The average Bonchev–Trinajstić information content (AvgIpc) is 3.95. The minimum Gasteiger partial charge on any atom is -0.309 e. The van der Waals surface area contributed by atoms with Crippen LogP contribution in [0.3, 0.4) is 0 Å². The Balaban J connectivity index is 0.967. The van der Waals surface area contributed by atoms with Crippen molar-refractivity contribution in [2.45, 2.75) is 0 Å². The zero-order chi connectivity index (χ0) is 45.0. The number of fused-ring (bicyclic) bond motifs is 7. The van der Waals surface area contributed by atoms with E-state index in [2.05, 4.69) is 173 Å². The highest BCUT2D eigenvalue weighted by Gasteiger charge is 2.23. The normalized spacial score (nSPS) is 11.5. The van der Waals surface area contributed by atoms with Crippen LogP contribution >= 0.6 is 0 Å². The van der Waals surface area contributed by atoms with Crippen molar-refractivity contribution in [2.75, 3.05) is 0 Å². The van der Waals surface area contributed by atoms with Crippen molar-refractivity contribution in [2.24, 2.45) is 0 Å². The first-order valence-corrected chi connectivity index (χ1v) is 22.8. The van der Waals surface area contributed by atoms with Gasteiger partial charge < -0.3 is 4.57 Å². The number of para-hydroxylation sites is 2. The van der Waals surface area contributed by atoms with E-state index >= 15 is 0 Å². The summed E-state index contributed by atoms with van der Waals surface area (Å²) < 4.78 is 4.56. The molecule has 0 unspecified atom stereocenters. The molecular weight excluding hydrogens is 831 g/mol. The van der Waals surface area contributed by atoms with Crippen LogP contribution in [0.25, 0.3) is 123 Å². The Hall–Kier alpha value is -9.33. The van der Waals surface area contributed by atoms with Gasteiger partial charge in [-0.2, -0.15) is 9.97 Å². The molecule has 0 spiro atoms. The predicted octanol–water partition coefficient (Wildman–Crippen LogP) is 14.9. The van der Waals surface area contributed by atoms with Gasteiger partial charge in [-0.15, -0.1) is 0 Å². The van der Waals surface area contributed by atoms with Crippen LogP contribution in [0.15, 0.2) is 237 Å². The van der Waals surface area contributed by atoms with E-state index in [9.17, 15) is 0 Å². The van der Waals surface area contributed by atoms with Gasteiger partial charge in [-0.1, -0.05) is 176 Å². The average molecular weight is 870 g/mol. The number of hydrogen-bond donors (Lipinski definition) is 0. The number of benzene rings is 9. The van der Waals surface area contributed by atoms with Crippen LogP contribution in [0.1, 0.15) is 0 Å². The van der Waals surface area contributed by atoms with Crippen LogP contribution in [-0.4, -0.2) is 34.1 Å². The predicted molar refractivity (Wildman–Crippen MR) is 277 cm³/mol. The van der Waals surface area contributed by atoms with Crippen molar-refractivity contribution >= 4 is 43.6 Å². The van der Waals surface area contributed by atoms with E-state index in [0.717, 1.165) is 94.2 Å². The third kappa shape index (κ3) is 6.72. The summed E-state index contributed by atoms with van der Waals surface area (Å²) in [5.41, 5.74) is 14.2. The van der Waals surface area contributed by atoms with E-state index in [1.807, 2.05) is 72.8 Å². The van der Waals surface area contributed by atoms with Crippen LogP contribution in [0.5, 0.6) is 0 Å². The third-order valence-electron chi connectivity index (χ3n) is 12.8. The van der Waals surface area contributed by atoms with E-state index < -0.39 is 0 Å². The maximum absolute atomic E-state index is 5.23. The van der Waals surface area contributed by atoms with Gasteiger partial charge in [0.2, 0.25) is 5.95 Å². The van der Waals surface area contributed by atoms with Gasteiger partial charge in [-0.3, -0.25) is 4.57 Å². The Labute approximate surface area is 392 Å². The van der Waals surface area contributed by atoms with Crippen LogP contribution in [0.2, 0.25) is 0 Å². The highest BCUT2D eigenvalue weighted by molar-refractivity contribution is 6.28. The molecule has 9 aromatic carbocycles. The van der Waals surface area contributed by atoms with Crippen molar-refractivity contribution in [3.05, 3.63) is 237 Å². The Morgan fingerprint density at radius 3 is 1.26 bits per heavy atom. The second-order valence-electron chi connectivity index (χ2n) is 16.9. The van der Waals surface area contributed by atoms with Crippen molar-refractivity contribution in [1.82, 2.24) is 34.1 Å². The molecule has 7 heteroatoms. The third-order valence-corrected chi connectivity index (χ3v) is 12.8. The Bertz CT molecular complexity index is 3940. The molecule has 0 radical (unpaired) electrons. The highest BCUT2D eigenvalue weighted by Crippen LogP contribution is 2.42. The first-order valence-electron chi connectivity index (χ1n) is 22.8. The molecule has 68 heavy (non-hydrogen) atoms. The molecule has 0 atom stereocenters. The summed E-state index contributed by atoms with van der Waals surface area (Å²) in [5.74, 6) is 2.46. The van der Waals surface area contributed by atoms with E-state index in [0.29, 0.717) is 23.4 Å². The van der Waals surface area contributed by atoms with Gasteiger partial charge in [0.25, 0.3) is 0 Å². The second kappa shape index (κ2) is 16.3. The first-order chi connectivity index (χ1) is 33.7. The number of rotatable bonds is 8. The van der Waals surface area contributed by atoms with Crippen LogP contribution in [-0.2, 0) is 0 Å². The van der Waals surface area contributed by atoms with Gasteiger partial charge in [0.05, 0.1) is 33.5 Å². The maximum Gasteiger partial charge on any atom is 0.238 e. The van der Waals surface area contributed by atoms with Crippen molar-refractivity contribution in [3.8, 4) is 79.4 Å². The Kier molecular flexibility index (Phi) is 9.35. The molecule has 4 heterocycles. The molecule has 7 nitrogen and oxygen atoms in total. The fourth-order valence-corrected chi connectivity index (χ4v) is 9.64. The molecule has 0 aliphatic carbocycles. The SMILES string of the molecule is c1ccc(-c2cccc(-c3cc(-c4ccccc4)nc(-c4ccc(-n5c6ccccc6c6c7c8ccccc8n(-c8nc(-c9ccccc9)nc(-c9ccccc9)n8)c7ccc65)cc4)n3)c2)cc1. The van der Waals surface area contributed by atoms with Crippen LogP contribution < -0.4 is 0 Å². The molecule has 0 fully saturated rings. The number of aromatic nitrogens is 7. The van der Waals surface area contributed by atoms with Gasteiger partial charge >= 0.3 is 0 Å². The van der Waals surface area contributed by atoms with Crippen molar-refractivity contribution in [1.29, 1.82) is 0 Å². The lowest BCUT2D eigenvalue weighted by Gasteiger charge is -2.12. The van der Waals surface area contributed by atoms with Gasteiger partial charge in [0, 0.05) is 55.0 Å². The van der Waals surface area contributed by atoms with E-state index in [1.54, 1.807) is 0 Å². The van der Waals surface area contributed by atoms with E-state index in [4.69, 9.17) is 24.9 Å². The topological polar surface area (TPSA) is 74.3 Å². The largest absolute Gasteiger partial charge is 0.309 e. The summed E-state index contributed by atoms with van der Waals surface area (Å²) in [6, 6.07) is 82.1. The molecule has 0 amide bonds. The molecule has 13 aromatic rings. The molecule has 318 valence electrons. The summed E-state index contributed by atoms with van der Waals surface area (Å²) in [4.78, 5) is 25.8. The molecule has 4 aromatic heterocycles. The number of hydrogen-bond acceptors (Lipinski definition) is 5. The fraction of sp³-hybridized carbons (Fsp3) is 0. The lowest BCUT2D eigenvalue weighted by molar-refractivity contribution is 0.953. The Morgan fingerprint density at radius 2 is 0.676 bits per heavy atom. The van der Waals surface area contributed by atoms with Gasteiger partial charge in [-0.25, -0.2) is 15.0 Å². The van der Waals surface area contributed by atoms with Gasteiger partial charge in [0.15, 0.2) is 17.5 Å². The molecule has 0 aliphatic rings. The molecule has 0 saturated heterocycles. The van der Waals surface area contributed by atoms with Gasteiger partial charge in [0.1, 0.15) is 0 Å². The zero-order valence-electron chi connectivity index (χ0n) is 36.6. The molecular formula is C61H39N7. The molecule has 13 rings (SSSR count). The fourth-order valence-electron chi connectivity index (χ4n) is 9.64. The lowest BCUT2D eigenvalue weighted by Crippen LogP contribution is -2.06. The quantitative estimate of drug-likeness (QED) is 0.152. The van der Waals surface area contributed by atoms with Gasteiger partial charge in [-0.05, 0) is 71.8 Å². The lowest BCUT2D eigenvalue weighted by atomic mass is 10.0. The van der Waals surface area contributed by atoms with E-state index in [1.165, 1.54) is 5.39 Å². The molecule has 0 aliphatic heterocycles. The molecule has 0 bridgehead atoms. The Morgan fingerprint density at radius 1 is 0.250 bits per heavy atom. The molecule has 0 saturated carbocycles. The summed E-state index contributed by atoms with van der Waals surface area (Å²) in [7, 11) is 0. The zero-order valence-corrected chi connectivity index (χ0v) is 36.6. The van der Waals surface area contributed by atoms with Crippen LogP contribution in [0.4, 0.5) is 0 Å².